The summed E-state index contributed by atoms with van der Waals surface area (Å²) in [5, 5.41) is 0. The molecule has 0 N–H and O–H groups in total. The van der Waals surface area contributed by atoms with Gasteiger partial charge in [0.1, 0.15) is 5.75 Å². The Morgan fingerprint density at radius 3 is 2.75 bits per heavy atom. The molecule has 1 heterocycles. The third-order valence-electron chi connectivity index (χ3n) is 2.85. The second-order valence-corrected chi connectivity index (χ2v) is 4.97. The predicted octanol–water partition coefficient (Wildman–Crippen LogP) is 3.57. The number of rotatable bonds is 5. The van der Waals surface area contributed by atoms with Gasteiger partial charge >= 0.3 is 0 Å². The van der Waals surface area contributed by atoms with Crippen LogP contribution in [0.25, 0.3) is 0 Å². The van der Waals surface area contributed by atoms with E-state index in [1.807, 2.05) is 13.0 Å². The number of hydrogen-bond acceptors (Lipinski definition) is 2. The highest BCUT2D eigenvalue weighted by Crippen LogP contribution is 2.29. The molecule has 0 aromatic heterocycles. The van der Waals surface area contributed by atoms with Crippen LogP contribution in [0.1, 0.15) is 25.8 Å². The van der Waals surface area contributed by atoms with Crippen molar-refractivity contribution in [3.63, 3.8) is 0 Å². The van der Waals surface area contributed by atoms with Crippen LogP contribution < -0.4 is 4.74 Å². The molecule has 0 bridgehead atoms. The highest BCUT2D eigenvalue weighted by atomic mass is 79.9. The molecule has 88 valence electrons. The van der Waals surface area contributed by atoms with E-state index < -0.39 is 0 Å². The van der Waals surface area contributed by atoms with Gasteiger partial charge in [-0.1, -0.05) is 6.07 Å². The van der Waals surface area contributed by atoms with E-state index in [4.69, 9.17) is 9.47 Å². The van der Waals surface area contributed by atoms with E-state index in [9.17, 15) is 0 Å². The van der Waals surface area contributed by atoms with Crippen molar-refractivity contribution in [2.45, 2.75) is 38.9 Å². The maximum absolute atomic E-state index is 5.48. The Balaban J connectivity index is 1.92. The molecule has 1 aromatic rings. The Morgan fingerprint density at radius 1 is 1.44 bits per heavy atom. The predicted molar refractivity (Wildman–Crippen MR) is 68.0 cm³/mol. The molecule has 0 spiro atoms. The van der Waals surface area contributed by atoms with E-state index in [0.717, 1.165) is 23.1 Å². The Kier molecular flexibility index (Phi) is 3.87. The molecule has 1 aliphatic heterocycles. The van der Waals surface area contributed by atoms with E-state index in [1.54, 1.807) is 0 Å². The van der Waals surface area contributed by atoms with E-state index in [2.05, 4.69) is 35.0 Å². The summed E-state index contributed by atoms with van der Waals surface area (Å²) in [5.74, 6) is 0.919. The second kappa shape index (κ2) is 5.19. The van der Waals surface area contributed by atoms with Crippen LogP contribution in [0.3, 0.4) is 0 Å². The largest absolute Gasteiger partial charge is 0.493 e. The van der Waals surface area contributed by atoms with Crippen LogP contribution in [0, 0.1) is 0 Å². The lowest BCUT2D eigenvalue weighted by Gasteiger charge is -2.07. The van der Waals surface area contributed by atoms with Crippen LogP contribution in [0.4, 0.5) is 0 Å². The Labute approximate surface area is 105 Å². The average Bonchev–Trinajstić information content (AvgIpc) is 2.96. The van der Waals surface area contributed by atoms with Crippen molar-refractivity contribution in [3.8, 4) is 5.75 Å². The normalized spacial score (nSPS) is 23.2. The van der Waals surface area contributed by atoms with Crippen LogP contribution in [-0.2, 0) is 11.2 Å². The zero-order valence-corrected chi connectivity index (χ0v) is 11.3. The molecule has 0 aliphatic carbocycles. The standard InChI is InChI=1S/C13H17BrO2/c1-3-15-13-7-5-10(8-11(13)14)4-6-12-9(2)16-12/h5,7-9,12H,3-4,6H2,1-2H3. The molecule has 1 aliphatic rings. The summed E-state index contributed by atoms with van der Waals surface area (Å²) in [5.41, 5.74) is 1.33. The van der Waals surface area contributed by atoms with Gasteiger partial charge in [0.05, 0.1) is 23.3 Å². The van der Waals surface area contributed by atoms with Gasteiger partial charge in [0.15, 0.2) is 0 Å². The first-order chi connectivity index (χ1) is 7.70. The highest BCUT2D eigenvalue weighted by Gasteiger charge is 2.33. The Bertz CT molecular complexity index is 365. The smallest absolute Gasteiger partial charge is 0.133 e. The lowest BCUT2D eigenvalue weighted by Crippen LogP contribution is -1.96. The van der Waals surface area contributed by atoms with Crippen molar-refractivity contribution in [1.29, 1.82) is 0 Å². The molecule has 1 aromatic carbocycles. The lowest BCUT2D eigenvalue weighted by atomic mass is 10.1. The number of ether oxygens (including phenoxy) is 2. The number of benzene rings is 1. The molecule has 0 amide bonds. The monoisotopic (exact) mass is 284 g/mol. The van der Waals surface area contributed by atoms with Crippen molar-refractivity contribution in [2.75, 3.05) is 6.61 Å². The van der Waals surface area contributed by atoms with E-state index in [1.165, 1.54) is 5.56 Å². The van der Waals surface area contributed by atoms with Gasteiger partial charge in [-0.25, -0.2) is 0 Å². The van der Waals surface area contributed by atoms with Crippen molar-refractivity contribution in [1.82, 2.24) is 0 Å². The third-order valence-corrected chi connectivity index (χ3v) is 3.47. The maximum Gasteiger partial charge on any atom is 0.133 e. The third kappa shape index (κ3) is 2.98. The van der Waals surface area contributed by atoms with Gasteiger partial charge in [-0.15, -0.1) is 0 Å². The summed E-state index contributed by atoms with van der Waals surface area (Å²) in [4.78, 5) is 0. The minimum Gasteiger partial charge on any atom is -0.493 e. The molecule has 16 heavy (non-hydrogen) atoms. The number of epoxide rings is 1. The number of halogens is 1. The molecule has 1 fully saturated rings. The molecule has 3 heteroatoms. The number of hydrogen-bond donors (Lipinski definition) is 0. The molecule has 2 rings (SSSR count). The maximum atomic E-state index is 5.48. The van der Waals surface area contributed by atoms with Crippen LogP contribution in [-0.4, -0.2) is 18.8 Å². The summed E-state index contributed by atoms with van der Waals surface area (Å²) in [6, 6.07) is 6.29. The fraction of sp³-hybridized carbons (Fsp3) is 0.538. The van der Waals surface area contributed by atoms with Crippen LogP contribution >= 0.6 is 15.9 Å². The molecule has 2 atom stereocenters. The first-order valence-corrected chi connectivity index (χ1v) is 6.56. The van der Waals surface area contributed by atoms with Gasteiger partial charge in [0.2, 0.25) is 0 Å². The molecule has 2 unspecified atom stereocenters. The summed E-state index contributed by atoms with van der Waals surface area (Å²) >= 11 is 3.53. The molecule has 0 saturated carbocycles. The minimum absolute atomic E-state index is 0.464. The van der Waals surface area contributed by atoms with Gasteiger partial charge in [-0.2, -0.15) is 0 Å². The van der Waals surface area contributed by atoms with Crippen molar-refractivity contribution < 1.29 is 9.47 Å². The van der Waals surface area contributed by atoms with Gasteiger partial charge in [-0.3, -0.25) is 0 Å². The summed E-state index contributed by atoms with van der Waals surface area (Å²) in [6.07, 6.45) is 3.12. The van der Waals surface area contributed by atoms with Crippen LogP contribution in [0.15, 0.2) is 22.7 Å². The molecule has 0 radical (unpaired) electrons. The quantitative estimate of drug-likeness (QED) is 0.771. The minimum atomic E-state index is 0.464. The van der Waals surface area contributed by atoms with Crippen molar-refractivity contribution in [2.24, 2.45) is 0 Å². The SMILES string of the molecule is CCOc1ccc(CCC2OC2C)cc1Br. The zero-order chi connectivity index (χ0) is 11.5. The molecular weight excluding hydrogens is 268 g/mol. The molecular formula is C13H17BrO2. The van der Waals surface area contributed by atoms with E-state index in [0.29, 0.717) is 18.8 Å². The van der Waals surface area contributed by atoms with Gasteiger partial charge < -0.3 is 9.47 Å². The first-order valence-electron chi connectivity index (χ1n) is 5.77. The molecule has 2 nitrogen and oxygen atoms in total. The Morgan fingerprint density at radius 2 is 2.19 bits per heavy atom. The second-order valence-electron chi connectivity index (χ2n) is 4.12. The number of aryl methyl sites for hydroxylation is 1. The summed E-state index contributed by atoms with van der Waals surface area (Å²) in [7, 11) is 0. The topological polar surface area (TPSA) is 21.8 Å². The molecule has 1 saturated heterocycles. The van der Waals surface area contributed by atoms with Gasteiger partial charge in [0, 0.05) is 0 Å². The lowest BCUT2D eigenvalue weighted by molar-refractivity contribution is 0.338. The fourth-order valence-electron chi connectivity index (χ4n) is 1.81. The highest BCUT2D eigenvalue weighted by molar-refractivity contribution is 9.10. The summed E-state index contributed by atoms with van der Waals surface area (Å²) < 4.78 is 11.9. The van der Waals surface area contributed by atoms with Gasteiger partial charge in [0.25, 0.3) is 0 Å². The van der Waals surface area contributed by atoms with E-state index in [-0.39, 0.29) is 0 Å². The van der Waals surface area contributed by atoms with Crippen LogP contribution in [0.5, 0.6) is 5.75 Å². The summed E-state index contributed by atoms with van der Waals surface area (Å²) in [6.45, 7) is 4.82. The van der Waals surface area contributed by atoms with Crippen molar-refractivity contribution >= 4 is 15.9 Å². The first kappa shape index (κ1) is 11.9. The van der Waals surface area contributed by atoms with Crippen molar-refractivity contribution in [3.05, 3.63) is 28.2 Å². The van der Waals surface area contributed by atoms with Gasteiger partial charge in [-0.05, 0) is 60.3 Å². The fourth-order valence-corrected chi connectivity index (χ4v) is 2.36. The van der Waals surface area contributed by atoms with Crippen LogP contribution in [0.2, 0.25) is 0 Å². The zero-order valence-electron chi connectivity index (χ0n) is 9.70. The van der Waals surface area contributed by atoms with E-state index >= 15 is 0 Å². The average molecular weight is 285 g/mol. The Hall–Kier alpha value is -0.540.